The van der Waals surface area contributed by atoms with E-state index in [9.17, 15) is 9.90 Å². The van der Waals surface area contributed by atoms with Gasteiger partial charge in [0, 0.05) is 0 Å². The molecule has 98 valence electrons. The van der Waals surface area contributed by atoms with E-state index in [-0.39, 0.29) is 12.4 Å². The zero-order valence-electron chi connectivity index (χ0n) is 9.94. The quantitative estimate of drug-likeness (QED) is 0.487. The van der Waals surface area contributed by atoms with Gasteiger partial charge in [0.1, 0.15) is 0 Å². The fourth-order valence-corrected chi connectivity index (χ4v) is 1.77. The first-order valence-electron chi connectivity index (χ1n) is 5.10. The van der Waals surface area contributed by atoms with Crippen LogP contribution in [0.5, 0.6) is 11.5 Å². The summed E-state index contributed by atoms with van der Waals surface area (Å²) in [5, 5.41) is 13.4. The van der Waals surface area contributed by atoms with Gasteiger partial charge in [-0.05, 0) is 47.2 Å². The second-order valence-electron chi connectivity index (χ2n) is 3.14. The Morgan fingerprint density at radius 2 is 2.33 bits per heavy atom. The highest BCUT2D eigenvalue weighted by molar-refractivity contribution is 14.1. The lowest BCUT2D eigenvalue weighted by atomic mass is 10.2. The van der Waals surface area contributed by atoms with E-state index in [1.807, 2.05) is 22.6 Å². The maximum absolute atomic E-state index is 11.0. The molecule has 1 aromatic carbocycles. The van der Waals surface area contributed by atoms with E-state index >= 15 is 0 Å². The monoisotopic (exact) mass is 364 g/mol. The molecule has 0 fully saturated rings. The number of hydrogen-bond acceptors (Lipinski definition) is 5. The molecule has 0 aliphatic carbocycles. The van der Waals surface area contributed by atoms with Crippen LogP contribution in [0.25, 0.3) is 0 Å². The van der Waals surface area contributed by atoms with Crippen LogP contribution in [0.1, 0.15) is 12.5 Å². The number of halogens is 1. The second-order valence-corrected chi connectivity index (χ2v) is 4.31. The zero-order valence-corrected chi connectivity index (χ0v) is 12.1. The van der Waals surface area contributed by atoms with Crippen molar-refractivity contribution in [2.75, 3.05) is 13.7 Å². The van der Waals surface area contributed by atoms with Gasteiger partial charge in [0.15, 0.2) is 11.5 Å². The van der Waals surface area contributed by atoms with Crippen LogP contribution in [-0.2, 0) is 4.74 Å². The number of phenols is 1. The molecule has 7 heteroatoms. The Bertz CT molecular complexity index is 463. The molecule has 0 aliphatic rings. The number of aromatic hydroxyl groups is 1. The molecule has 0 aromatic heterocycles. The number of nitrogens with zero attached hydrogens (tertiary/aromatic N) is 1. The molecule has 1 amide bonds. The Hall–Kier alpha value is -1.51. The van der Waals surface area contributed by atoms with Gasteiger partial charge >= 0.3 is 6.09 Å². The summed E-state index contributed by atoms with van der Waals surface area (Å²) in [7, 11) is 1.46. The summed E-state index contributed by atoms with van der Waals surface area (Å²) in [6, 6.07) is 3.31. The Morgan fingerprint density at radius 1 is 1.61 bits per heavy atom. The average molecular weight is 364 g/mol. The molecule has 0 saturated heterocycles. The van der Waals surface area contributed by atoms with Crippen molar-refractivity contribution in [1.82, 2.24) is 5.43 Å². The van der Waals surface area contributed by atoms with Crippen LogP contribution in [-0.4, -0.2) is 31.1 Å². The van der Waals surface area contributed by atoms with Crippen molar-refractivity contribution in [2.45, 2.75) is 6.92 Å². The molecule has 0 heterocycles. The summed E-state index contributed by atoms with van der Waals surface area (Å²) < 4.78 is 10.3. The number of benzene rings is 1. The molecule has 0 spiro atoms. The number of carbonyl (C=O) groups is 1. The zero-order chi connectivity index (χ0) is 13.5. The van der Waals surface area contributed by atoms with Gasteiger partial charge in [0.2, 0.25) is 0 Å². The first kappa shape index (κ1) is 14.6. The van der Waals surface area contributed by atoms with E-state index in [1.165, 1.54) is 13.3 Å². The lowest BCUT2D eigenvalue weighted by Crippen LogP contribution is -2.18. The minimum absolute atomic E-state index is 0.0774. The van der Waals surface area contributed by atoms with Crippen molar-refractivity contribution in [1.29, 1.82) is 0 Å². The Balaban J connectivity index is 2.76. The Kier molecular flexibility index (Phi) is 5.69. The summed E-state index contributed by atoms with van der Waals surface area (Å²) in [5.41, 5.74) is 2.89. The highest BCUT2D eigenvalue weighted by Crippen LogP contribution is 2.31. The van der Waals surface area contributed by atoms with E-state index in [2.05, 4.69) is 15.3 Å². The summed E-state index contributed by atoms with van der Waals surface area (Å²) in [6.45, 7) is 1.99. The van der Waals surface area contributed by atoms with Gasteiger partial charge in [-0.2, -0.15) is 5.10 Å². The van der Waals surface area contributed by atoms with Gasteiger partial charge in [0.05, 0.1) is 23.5 Å². The predicted octanol–water partition coefficient (Wildman–Crippen LogP) is 2.09. The number of nitrogens with one attached hydrogen (secondary N) is 1. The van der Waals surface area contributed by atoms with Crippen molar-refractivity contribution < 1.29 is 19.4 Å². The van der Waals surface area contributed by atoms with Crippen molar-refractivity contribution >= 4 is 34.9 Å². The van der Waals surface area contributed by atoms with Crippen molar-refractivity contribution in [3.8, 4) is 11.5 Å². The maximum atomic E-state index is 11.0. The summed E-state index contributed by atoms with van der Waals surface area (Å²) >= 11 is 1.97. The summed E-state index contributed by atoms with van der Waals surface area (Å²) in [5.74, 6) is 0.424. The molecule has 2 N–H and O–H groups in total. The van der Waals surface area contributed by atoms with Gasteiger partial charge in [-0.15, -0.1) is 0 Å². The first-order valence-corrected chi connectivity index (χ1v) is 6.18. The molecule has 0 atom stereocenters. The second kappa shape index (κ2) is 7.04. The van der Waals surface area contributed by atoms with E-state index in [0.29, 0.717) is 14.9 Å². The SMILES string of the molecule is CCOC(=O)N/N=C/c1cc(I)c(O)c(OC)c1. The third-order valence-electron chi connectivity index (χ3n) is 1.92. The molecule has 0 radical (unpaired) electrons. The molecule has 0 bridgehead atoms. The minimum Gasteiger partial charge on any atom is -0.504 e. The minimum atomic E-state index is -0.616. The van der Waals surface area contributed by atoms with E-state index in [4.69, 9.17) is 4.74 Å². The Morgan fingerprint density at radius 3 is 2.94 bits per heavy atom. The number of amides is 1. The van der Waals surface area contributed by atoms with Gasteiger partial charge < -0.3 is 14.6 Å². The van der Waals surface area contributed by atoms with E-state index in [1.54, 1.807) is 19.1 Å². The van der Waals surface area contributed by atoms with Gasteiger partial charge in [0.25, 0.3) is 0 Å². The summed E-state index contributed by atoms with van der Waals surface area (Å²) in [4.78, 5) is 11.0. The summed E-state index contributed by atoms with van der Waals surface area (Å²) in [6.07, 6.45) is 0.815. The van der Waals surface area contributed by atoms with E-state index < -0.39 is 6.09 Å². The molecule has 0 saturated carbocycles. The third kappa shape index (κ3) is 4.06. The Labute approximate surface area is 118 Å². The molecule has 1 aromatic rings. The standard InChI is InChI=1S/C11H13IN2O4/c1-3-18-11(16)14-13-6-7-4-8(12)10(15)9(5-7)17-2/h4-6,15H,3H2,1-2H3,(H,14,16)/b13-6+. The molecule has 0 unspecified atom stereocenters. The normalized spacial score (nSPS) is 10.4. The van der Waals surface area contributed by atoms with Gasteiger partial charge in [-0.1, -0.05) is 0 Å². The van der Waals surface area contributed by atoms with Crippen LogP contribution in [0.2, 0.25) is 0 Å². The van der Waals surface area contributed by atoms with Gasteiger partial charge in [-0.3, -0.25) is 0 Å². The first-order chi connectivity index (χ1) is 8.58. The third-order valence-corrected chi connectivity index (χ3v) is 2.74. The van der Waals surface area contributed by atoms with Crippen LogP contribution in [0, 0.1) is 3.57 Å². The van der Waals surface area contributed by atoms with Crippen molar-refractivity contribution in [3.05, 3.63) is 21.3 Å². The predicted molar refractivity (Wildman–Crippen MR) is 75.1 cm³/mol. The topological polar surface area (TPSA) is 80.2 Å². The number of rotatable bonds is 4. The van der Waals surface area contributed by atoms with Crippen LogP contribution >= 0.6 is 22.6 Å². The molecular formula is C11H13IN2O4. The van der Waals surface area contributed by atoms with Crippen LogP contribution in [0.4, 0.5) is 4.79 Å². The van der Waals surface area contributed by atoms with Crippen LogP contribution in [0.3, 0.4) is 0 Å². The lowest BCUT2D eigenvalue weighted by Gasteiger charge is -2.06. The van der Waals surface area contributed by atoms with E-state index in [0.717, 1.165) is 0 Å². The molecule has 0 aliphatic heterocycles. The van der Waals surface area contributed by atoms with Gasteiger partial charge in [-0.25, -0.2) is 10.2 Å². The number of carbonyl (C=O) groups excluding carboxylic acids is 1. The largest absolute Gasteiger partial charge is 0.504 e. The number of phenolic OH excluding ortho intramolecular Hbond substituents is 1. The number of hydrogen-bond donors (Lipinski definition) is 2. The molecule has 1 rings (SSSR count). The molecular weight excluding hydrogens is 351 g/mol. The highest BCUT2D eigenvalue weighted by atomic mass is 127. The molecule has 6 nitrogen and oxygen atoms in total. The molecule has 18 heavy (non-hydrogen) atoms. The van der Waals surface area contributed by atoms with Crippen molar-refractivity contribution in [3.63, 3.8) is 0 Å². The number of methoxy groups -OCH3 is 1. The van der Waals surface area contributed by atoms with Crippen LogP contribution in [0.15, 0.2) is 17.2 Å². The van der Waals surface area contributed by atoms with Crippen LogP contribution < -0.4 is 10.2 Å². The highest BCUT2D eigenvalue weighted by Gasteiger charge is 2.07. The fraction of sp³-hybridized carbons (Fsp3) is 0.273. The number of hydrazone groups is 1. The smallest absolute Gasteiger partial charge is 0.427 e. The average Bonchev–Trinajstić information content (AvgIpc) is 2.33. The fourth-order valence-electron chi connectivity index (χ4n) is 1.15. The lowest BCUT2D eigenvalue weighted by molar-refractivity contribution is 0.152. The maximum Gasteiger partial charge on any atom is 0.427 e. The number of ether oxygens (including phenoxy) is 2. The van der Waals surface area contributed by atoms with Crippen molar-refractivity contribution in [2.24, 2.45) is 5.10 Å².